The van der Waals surface area contributed by atoms with E-state index < -0.39 is 12.3 Å². The van der Waals surface area contributed by atoms with Crippen LogP contribution in [0.5, 0.6) is 0 Å². The molecule has 0 saturated heterocycles. The Morgan fingerprint density at radius 2 is 1.87 bits per heavy atom. The summed E-state index contributed by atoms with van der Waals surface area (Å²) in [6.07, 6.45) is 0.184. The summed E-state index contributed by atoms with van der Waals surface area (Å²) in [5, 5.41) is 11.1. The van der Waals surface area contributed by atoms with E-state index >= 15 is 0 Å². The Balaban J connectivity index is 1.75. The number of rotatable bonds is 5. The van der Waals surface area contributed by atoms with Crippen LogP contribution in [0.25, 0.3) is 16.9 Å². The predicted octanol–water partition coefficient (Wildman–Crippen LogP) is 3.87. The highest BCUT2D eigenvalue weighted by molar-refractivity contribution is 6.00. The molecular weight excluding hydrogens is 390 g/mol. The van der Waals surface area contributed by atoms with E-state index in [0.29, 0.717) is 11.3 Å². The Kier molecular flexibility index (Phi) is 5.03. The van der Waals surface area contributed by atoms with E-state index in [1.165, 1.54) is 12.3 Å². The Hall–Kier alpha value is -3.62. The number of hydrogen-bond donors (Lipinski definition) is 1. The number of carbonyl (C=O) groups excluding carboxylic acids is 1. The number of nitrogens with one attached hydrogen (secondary N) is 1. The number of fused-ring (bicyclic) bond motifs is 1. The second-order valence-electron chi connectivity index (χ2n) is 7.03. The number of amides is 1. The zero-order valence-corrected chi connectivity index (χ0v) is 16.7. The van der Waals surface area contributed by atoms with Crippen LogP contribution in [-0.4, -0.2) is 30.3 Å². The summed E-state index contributed by atoms with van der Waals surface area (Å²) < 4.78 is 30.1. The summed E-state index contributed by atoms with van der Waals surface area (Å²) in [6.45, 7) is 3.74. The average Bonchev–Trinajstić information content (AvgIpc) is 3.31. The molecule has 30 heavy (non-hydrogen) atoms. The molecule has 0 aliphatic heterocycles. The van der Waals surface area contributed by atoms with Crippen LogP contribution >= 0.6 is 0 Å². The zero-order chi connectivity index (χ0) is 21.4. The molecule has 0 radical (unpaired) electrons. The van der Waals surface area contributed by atoms with Crippen molar-refractivity contribution in [2.45, 2.75) is 26.3 Å². The molecule has 0 fully saturated rings. The molecular formula is C21H20F2N6O. The minimum atomic E-state index is -2.77. The lowest BCUT2D eigenvalue weighted by atomic mass is 10.1. The maximum atomic E-state index is 13.7. The largest absolute Gasteiger partial charge is 0.345 e. The Morgan fingerprint density at radius 1 is 1.13 bits per heavy atom. The van der Waals surface area contributed by atoms with Crippen LogP contribution in [0.4, 0.5) is 8.78 Å². The highest BCUT2D eigenvalue weighted by Gasteiger charge is 2.23. The van der Waals surface area contributed by atoms with Gasteiger partial charge in [-0.3, -0.25) is 9.48 Å². The maximum absolute atomic E-state index is 13.7. The van der Waals surface area contributed by atoms with Gasteiger partial charge in [0.1, 0.15) is 11.3 Å². The molecule has 0 spiro atoms. The van der Waals surface area contributed by atoms with E-state index in [-0.39, 0.29) is 22.9 Å². The van der Waals surface area contributed by atoms with Crippen LogP contribution in [0.1, 0.15) is 46.7 Å². The van der Waals surface area contributed by atoms with E-state index in [1.807, 2.05) is 27.0 Å². The second-order valence-corrected chi connectivity index (χ2v) is 7.03. The highest BCUT2D eigenvalue weighted by atomic mass is 19.3. The molecule has 1 amide bonds. The molecule has 1 unspecified atom stereocenters. The van der Waals surface area contributed by atoms with Gasteiger partial charge in [0.2, 0.25) is 0 Å². The third-order valence-electron chi connectivity index (χ3n) is 5.12. The molecule has 3 aromatic heterocycles. The molecule has 0 bridgehead atoms. The number of halogens is 2. The summed E-state index contributed by atoms with van der Waals surface area (Å²) in [5.74, 6) is -0.446. The lowest BCUT2D eigenvalue weighted by Crippen LogP contribution is -2.27. The Morgan fingerprint density at radius 3 is 2.50 bits per heavy atom. The van der Waals surface area contributed by atoms with Gasteiger partial charge in [0.05, 0.1) is 24.1 Å². The van der Waals surface area contributed by atoms with Crippen LogP contribution < -0.4 is 5.32 Å². The van der Waals surface area contributed by atoms with E-state index in [0.717, 1.165) is 15.8 Å². The third kappa shape index (κ3) is 3.42. The van der Waals surface area contributed by atoms with E-state index in [2.05, 4.69) is 20.5 Å². The molecule has 4 aromatic rings. The first-order valence-corrected chi connectivity index (χ1v) is 9.38. The van der Waals surface area contributed by atoms with Crippen LogP contribution in [-0.2, 0) is 7.05 Å². The first-order chi connectivity index (χ1) is 14.4. The number of hydrogen-bond acceptors (Lipinski definition) is 4. The van der Waals surface area contributed by atoms with E-state index in [9.17, 15) is 13.6 Å². The molecule has 0 aliphatic carbocycles. The van der Waals surface area contributed by atoms with Crippen molar-refractivity contribution in [3.05, 3.63) is 71.3 Å². The van der Waals surface area contributed by atoms with Gasteiger partial charge in [0.25, 0.3) is 12.3 Å². The van der Waals surface area contributed by atoms with Gasteiger partial charge in [-0.1, -0.05) is 30.3 Å². The van der Waals surface area contributed by atoms with Gasteiger partial charge < -0.3 is 5.32 Å². The minimum Gasteiger partial charge on any atom is -0.345 e. The second kappa shape index (κ2) is 7.66. The summed E-state index contributed by atoms with van der Waals surface area (Å²) in [7, 11) is 1.82. The van der Waals surface area contributed by atoms with Gasteiger partial charge >= 0.3 is 0 Å². The van der Waals surface area contributed by atoms with Gasteiger partial charge in [-0.15, -0.1) is 0 Å². The van der Waals surface area contributed by atoms with Gasteiger partial charge in [0, 0.05) is 23.9 Å². The lowest BCUT2D eigenvalue weighted by Gasteiger charge is -2.13. The zero-order valence-electron chi connectivity index (χ0n) is 16.7. The fourth-order valence-electron chi connectivity index (χ4n) is 3.35. The topological polar surface area (TPSA) is 77.1 Å². The van der Waals surface area contributed by atoms with E-state index in [4.69, 9.17) is 0 Å². The Bertz CT molecular complexity index is 1220. The number of carbonyl (C=O) groups is 1. The highest BCUT2D eigenvalue weighted by Crippen LogP contribution is 2.27. The van der Waals surface area contributed by atoms with Crippen molar-refractivity contribution < 1.29 is 13.6 Å². The molecule has 9 heteroatoms. The fourth-order valence-corrected chi connectivity index (χ4v) is 3.35. The number of aromatic nitrogens is 5. The molecule has 0 saturated carbocycles. The van der Waals surface area contributed by atoms with Gasteiger partial charge in [-0.2, -0.15) is 10.2 Å². The standard InChI is InChI=1S/C21H20F2N6O/c1-12(15-10-24-28(3)13(15)2)26-21(30)16-11-25-29-18(19(22)23)9-17(27-20(16)29)14-7-5-4-6-8-14/h4-12,19H,1-3H3,(H,26,30). The molecule has 154 valence electrons. The summed E-state index contributed by atoms with van der Waals surface area (Å²) in [4.78, 5) is 17.4. The summed E-state index contributed by atoms with van der Waals surface area (Å²) in [5.41, 5.74) is 2.70. The molecule has 0 aliphatic rings. The molecule has 1 aromatic carbocycles. The monoisotopic (exact) mass is 410 g/mol. The van der Waals surface area contributed by atoms with Gasteiger partial charge in [0.15, 0.2) is 5.65 Å². The van der Waals surface area contributed by atoms with Crippen molar-refractivity contribution in [2.24, 2.45) is 7.05 Å². The Labute approximate surface area is 171 Å². The number of nitrogens with zero attached hydrogens (tertiary/aromatic N) is 5. The maximum Gasteiger partial charge on any atom is 0.280 e. The van der Waals surface area contributed by atoms with Crippen molar-refractivity contribution in [1.29, 1.82) is 0 Å². The van der Waals surface area contributed by atoms with Crippen molar-refractivity contribution >= 4 is 11.6 Å². The fraction of sp³-hybridized carbons (Fsp3) is 0.238. The number of benzene rings is 1. The summed E-state index contributed by atoms with van der Waals surface area (Å²) in [6, 6.07) is 9.94. The molecule has 7 nitrogen and oxygen atoms in total. The van der Waals surface area contributed by atoms with Crippen LogP contribution in [0.3, 0.4) is 0 Å². The van der Waals surface area contributed by atoms with Gasteiger partial charge in [-0.25, -0.2) is 18.3 Å². The van der Waals surface area contributed by atoms with Gasteiger partial charge in [-0.05, 0) is 19.9 Å². The minimum absolute atomic E-state index is 0.0826. The predicted molar refractivity (Wildman–Crippen MR) is 107 cm³/mol. The molecule has 1 N–H and O–H groups in total. The smallest absolute Gasteiger partial charge is 0.280 e. The first-order valence-electron chi connectivity index (χ1n) is 9.38. The van der Waals surface area contributed by atoms with Crippen molar-refractivity contribution in [3.63, 3.8) is 0 Å². The number of alkyl halides is 2. The quantitative estimate of drug-likeness (QED) is 0.542. The lowest BCUT2D eigenvalue weighted by molar-refractivity contribution is 0.0941. The normalized spacial score (nSPS) is 12.5. The van der Waals surface area contributed by atoms with Crippen molar-refractivity contribution in [3.8, 4) is 11.3 Å². The average molecular weight is 410 g/mol. The van der Waals surface area contributed by atoms with Crippen molar-refractivity contribution in [2.75, 3.05) is 0 Å². The van der Waals surface area contributed by atoms with Crippen molar-refractivity contribution in [1.82, 2.24) is 29.7 Å². The van der Waals surface area contributed by atoms with Crippen LogP contribution in [0, 0.1) is 6.92 Å². The summed E-state index contributed by atoms with van der Waals surface area (Å²) >= 11 is 0. The first kappa shape index (κ1) is 19.7. The SMILES string of the molecule is Cc1c(C(C)NC(=O)c2cnn3c(C(F)F)cc(-c4ccccc4)nc23)cnn1C. The third-order valence-corrected chi connectivity index (χ3v) is 5.12. The number of aryl methyl sites for hydroxylation is 1. The molecule has 3 heterocycles. The molecule has 4 rings (SSSR count). The van der Waals surface area contributed by atoms with Crippen LogP contribution in [0.15, 0.2) is 48.8 Å². The van der Waals surface area contributed by atoms with E-state index in [1.54, 1.807) is 35.1 Å². The molecule has 1 atom stereocenters. The van der Waals surface area contributed by atoms with Crippen LogP contribution in [0.2, 0.25) is 0 Å².